The first-order chi connectivity index (χ1) is 32.6. The van der Waals surface area contributed by atoms with Gasteiger partial charge in [-0.25, -0.2) is 0 Å². The summed E-state index contributed by atoms with van der Waals surface area (Å²) in [6.07, 6.45) is 26.7. The molecule has 0 radical (unpaired) electrons. The van der Waals surface area contributed by atoms with E-state index in [1.165, 1.54) is 161 Å². The van der Waals surface area contributed by atoms with E-state index in [1.54, 1.807) is 6.08 Å². The minimum atomic E-state index is -1.78. The smallest absolute Gasteiger partial charge is 0.220 e. The molecule has 2 saturated heterocycles. The van der Waals surface area contributed by atoms with Crippen molar-refractivity contribution >= 4 is 5.91 Å². The molecule has 0 aromatic heterocycles. The topological polar surface area (TPSA) is 228 Å². The predicted octanol–water partition coefficient (Wildman–Crippen LogP) is 7.94. The lowest BCUT2D eigenvalue weighted by Crippen LogP contribution is -2.65. The van der Waals surface area contributed by atoms with Gasteiger partial charge in [-0.1, -0.05) is 212 Å². The van der Waals surface area contributed by atoms with Crippen LogP contribution >= 0.6 is 0 Å². The second-order valence-electron chi connectivity index (χ2n) is 19.7. The quantitative estimate of drug-likeness (QED) is 0.0209. The number of hydrogen-bond acceptors (Lipinski definition) is 13. The molecule has 2 aliphatic rings. The van der Waals surface area contributed by atoms with Crippen molar-refractivity contribution in [3.63, 3.8) is 0 Å². The number of aliphatic hydroxyl groups is 8. The Morgan fingerprint density at radius 2 is 0.925 bits per heavy atom. The fraction of sp³-hybridized carbons (Fsp3) is 0.943. The third-order valence-corrected chi connectivity index (χ3v) is 13.7. The van der Waals surface area contributed by atoms with Gasteiger partial charge in [0.1, 0.15) is 48.8 Å². The largest absolute Gasteiger partial charge is 0.394 e. The normalized spacial score (nSPS) is 26.6. The van der Waals surface area contributed by atoms with Crippen LogP contribution in [-0.2, 0) is 23.7 Å². The van der Waals surface area contributed by atoms with Crippen molar-refractivity contribution in [2.75, 3.05) is 19.8 Å². The van der Waals surface area contributed by atoms with Crippen LogP contribution in [0.4, 0.5) is 0 Å². The highest BCUT2D eigenvalue weighted by Crippen LogP contribution is 2.30. The number of carbonyl (C=O) groups is 1. The zero-order valence-electron chi connectivity index (χ0n) is 42.2. The Kier molecular flexibility index (Phi) is 37.2. The van der Waals surface area contributed by atoms with Crippen LogP contribution in [0.3, 0.4) is 0 Å². The van der Waals surface area contributed by atoms with Crippen molar-refractivity contribution in [1.29, 1.82) is 0 Å². The molecule has 2 aliphatic heterocycles. The van der Waals surface area contributed by atoms with Gasteiger partial charge < -0.3 is 65.1 Å². The number of rotatable bonds is 43. The zero-order chi connectivity index (χ0) is 48.9. The summed E-state index contributed by atoms with van der Waals surface area (Å²) in [5.74, 6) is -0.236. The Morgan fingerprint density at radius 3 is 1.37 bits per heavy atom. The van der Waals surface area contributed by atoms with Crippen molar-refractivity contribution in [2.24, 2.45) is 0 Å². The molecule has 0 bridgehead atoms. The van der Waals surface area contributed by atoms with Gasteiger partial charge in [0, 0.05) is 6.42 Å². The average Bonchev–Trinajstić information content (AvgIpc) is 3.32. The molecule has 2 fully saturated rings. The minimum Gasteiger partial charge on any atom is -0.394 e. The molecule has 12 unspecified atom stereocenters. The number of allylic oxidation sites excluding steroid dienone is 1. The number of unbranched alkanes of at least 4 members (excludes halogenated alkanes) is 30. The van der Waals surface area contributed by atoms with Gasteiger partial charge in [0.2, 0.25) is 5.91 Å². The first-order valence-corrected chi connectivity index (χ1v) is 27.4. The highest BCUT2D eigenvalue weighted by Gasteiger charge is 2.51. The Bertz CT molecular complexity index is 1180. The van der Waals surface area contributed by atoms with Crippen molar-refractivity contribution in [3.05, 3.63) is 12.2 Å². The molecule has 0 aromatic rings. The fourth-order valence-electron chi connectivity index (χ4n) is 9.23. The van der Waals surface area contributed by atoms with Crippen LogP contribution in [0, 0.1) is 0 Å². The number of carbonyl (C=O) groups excluding carboxylic acids is 1. The molecule has 0 spiro atoms. The summed E-state index contributed by atoms with van der Waals surface area (Å²) in [4.78, 5) is 13.2. The average molecular weight is 960 g/mol. The van der Waals surface area contributed by atoms with Crippen molar-refractivity contribution in [2.45, 2.75) is 299 Å². The third kappa shape index (κ3) is 27.2. The molecule has 67 heavy (non-hydrogen) atoms. The van der Waals surface area contributed by atoms with Gasteiger partial charge in [-0.2, -0.15) is 0 Å². The molecule has 9 N–H and O–H groups in total. The molecule has 14 heteroatoms. The molecule has 14 nitrogen and oxygen atoms in total. The Balaban J connectivity index is 1.82. The minimum absolute atomic E-state index is 0.236. The van der Waals surface area contributed by atoms with Crippen molar-refractivity contribution in [1.82, 2.24) is 5.32 Å². The number of ether oxygens (including phenoxy) is 4. The van der Waals surface area contributed by atoms with Crippen molar-refractivity contribution < 1.29 is 64.6 Å². The van der Waals surface area contributed by atoms with E-state index in [-0.39, 0.29) is 18.9 Å². The van der Waals surface area contributed by atoms with Gasteiger partial charge in [0.05, 0.1) is 32.0 Å². The maximum Gasteiger partial charge on any atom is 0.220 e. The Hall–Kier alpha value is -1.27. The molecule has 1 amide bonds. The summed E-state index contributed by atoms with van der Waals surface area (Å²) >= 11 is 0. The summed E-state index contributed by atoms with van der Waals surface area (Å²) in [5.41, 5.74) is 0. The summed E-state index contributed by atoms with van der Waals surface area (Å²) in [7, 11) is 0. The second kappa shape index (κ2) is 40.3. The van der Waals surface area contributed by atoms with Crippen LogP contribution in [-0.4, -0.2) is 140 Å². The first-order valence-electron chi connectivity index (χ1n) is 27.4. The summed E-state index contributed by atoms with van der Waals surface area (Å²) in [6.45, 7) is 2.81. The third-order valence-electron chi connectivity index (χ3n) is 13.7. The monoisotopic (exact) mass is 960 g/mol. The number of amides is 1. The Labute approximate surface area is 406 Å². The lowest BCUT2D eigenvalue weighted by Gasteiger charge is -2.46. The molecule has 0 aliphatic carbocycles. The Morgan fingerprint density at radius 1 is 0.522 bits per heavy atom. The second-order valence-corrected chi connectivity index (χ2v) is 19.7. The van der Waals surface area contributed by atoms with Crippen LogP contribution in [0.5, 0.6) is 0 Å². The van der Waals surface area contributed by atoms with Gasteiger partial charge >= 0.3 is 0 Å². The van der Waals surface area contributed by atoms with Crippen LogP contribution in [0.25, 0.3) is 0 Å². The van der Waals surface area contributed by atoms with Gasteiger partial charge in [-0.15, -0.1) is 0 Å². The SMILES string of the molecule is CCCCCCCCCCCCCCCCCC/C=C/C(O)C(COC1OC(CO)C(OC2OC(CO)C(O)C(O)C2O)C(O)C1O)NC(=O)CCCCCCCCCCCCCCCCC. The van der Waals surface area contributed by atoms with E-state index in [0.29, 0.717) is 6.42 Å². The number of nitrogens with one attached hydrogen (secondary N) is 1. The molecular formula is C53H101NO13. The highest BCUT2D eigenvalue weighted by atomic mass is 16.7. The van der Waals surface area contributed by atoms with Crippen LogP contribution in [0.2, 0.25) is 0 Å². The van der Waals surface area contributed by atoms with Gasteiger partial charge in [0.25, 0.3) is 0 Å². The van der Waals surface area contributed by atoms with E-state index in [2.05, 4.69) is 19.2 Å². The maximum absolute atomic E-state index is 13.2. The van der Waals surface area contributed by atoms with E-state index in [4.69, 9.17) is 18.9 Å². The summed E-state index contributed by atoms with van der Waals surface area (Å²) in [6, 6.07) is -0.908. The standard InChI is InChI=1S/C53H101NO13/c1-3-5-7-9-11-13-15-17-19-20-21-23-24-26-28-30-32-34-36-42(57)41(54-45(58)37-35-33-31-29-27-25-22-18-16-14-12-10-8-6-4-2)40-64-52-50(63)48(61)51(44(39-56)66-52)67-53-49(62)47(60)46(59)43(38-55)65-53/h34,36,41-44,46-53,55-57,59-63H,3-33,35,37-40H2,1-2H3,(H,54,58)/b36-34+. The number of hydrogen-bond donors (Lipinski definition) is 9. The lowest BCUT2D eigenvalue weighted by molar-refractivity contribution is -0.359. The molecule has 396 valence electrons. The van der Waals surface area contributed by atoms with Gasteiger partial charge in [-0.05, 0) is 19.3 Å². The summed E-state index contributed by atoms with van der Waals surface area (Å²) < 4.78 is 22.7. The van der Waals surface area contributed by atoms with E-state index in [1.807, 2.05) is 6.08 Å². The molecule has 12 atom stereocenters. The molecule has 2 heterocycles. The van der Waals surface area contributed by atoms with Crippen LogP contribution < -0.4 is 5.32 Å². The molecule has 0 saturated carbocycles. The molecule has 2 rings (SSSR count). The van der Waals surface area contributed by atoms with Gasteiger partial charge in [-0.3, -0.25) is 4.79 Å². The highest BCUT2D eigenvalue weighted by molar-refractivity contribution is 5.76. The van der Waals surface area contributed by atoms with E-state index >= 15 is 0 Å². The van der Waals surface area contributed by atoms with E-state index in [0.717, 1.165) is 38.5 Å². The lowest BCUT2D eigenvalue weighted by atomic mass is 9.97. The predicted molar refractivity (Wildman–Crippen MR) is 263 cm³/mol. The zero-order valence-corrected chi connectivity index (χ0v) is 42.2. The molecule has 0 aromatic carbocycles. The van der Waals surface area contributed by atoms with Crippen LogP contribution in [0.1, 0.15) is 226 Å². The maximum atomic E-state index is 13.2. The van der Waals surface area contributed by atoms with Crippen LogP contribution in [0.15, 0.2) is 12.2 Å². The number of aliphatic hydroxyl groups excluding tert-OH is 8. The molecular weight excluding hydrogens is 859 g/mol. The van der Waals surface area contributed by atoms with Gasteiger partial charge in [0.15, 0.2) is 12.6 Å². The fourth-order valence-corrected chi connectivity index (χ4v) is 9.23. The summed E-state index contributed by atoms with van der Waals surface area (Å²) in [5, 5.41) is 86.9. The van der Waals surface area contributed by atoms with Crippen molar-refractivity contribution in [3.8, 4) is 0 Å². The van der Waals surface area contributed by atoms with E-state index < -0.39 is 86.8 Å². The first kappa shape index (κ1) is 61.8. The van der Waals surface area contributed by atoms with E-state index in [9.17, 15) is 45.6 Å².